The van der Waals surface area contributed by atoms with Crippen molar-refractivity contribution in [2.75, 3.05) is 11.5 Å². The molecule has 1 aromatic carbocycles. The maximum atomic E-state index is 14.6. The predicted molar refractivity (Wildman–Crippen MR) is 78.4 cm³/mol. The molecule has 0 spiro atoms. The van der Waals surface area contributed by atoms with Crippen molar-refractivity contribution in [1.29, 1.82) is 0 Å². The van der Waals surface area contributed by atoms with Gasteiger partial charge in [-0.1, -0.05) is 0 Å². The van der Waals surface area contributed by atoms with Crippen molar-refractivity contribution in [3.8, 4) is 5.75 Å². The SMILES string of the molecule is C[C@H]1COc2c3c(cc(F)c2C2(N)CC2)CC(C(=O)O)=CN31. The lowest BCUT2D eigenvalue weighted by atomic mass is 9.91. The van der Waals surface area contributed by atoms with Crippen LogP contribution in [0.25, 0.3) is 0 Å². The largest absolute Gasteiger partial charge is 0.489 e. The first-order valence-corrected chi connectivity index (χ1v) is 7.40. The van der Waals surface area contributed by atoms with Gasteiger partial charge in [0.05, 0.1) is 22.9 Å². The molecule has 3 N–H and O–H groups in total. The van der Waals surface area contributed by atoms with Crippen LogP contribution in [0.15, 0.2) is 17.8 Å². The normalized spacial score (nSPS) is 24.2. The lowest BCUT2D eigenvalue weighted by Crippen LogP contribution is -2.41. The number of benzene rings is 1. The Hall–Kier alpha value is -2.08. The van der Waals surface area contributed by atoms with Crippen LogP contribution in [0, 0.1) is 5.82 Å². The second-order valence-electron chi connectivity index (χ2n) is 6.43. The van der Waals surface area contributed by atoms with E-state index in [1.807, 2.05) is 11.8 Å². The van der Waals surface area contributed by atoms with E-state index in [2.05, 4.69) is 0 Å². The Morgan fingerprint density at radius 1 is 1.55 bits per heavy atom. The topological polar surface area (TPSA) is 75.8 Å². The van der Waals surface area contributed by atoms with Crippen LogP contribution in [0.5, 0.6) is 5.75 Å². The number of halogens is 1. The van der Waals surface area contributed by atoms with Gasteiger partial charge in [0.15, 0.2) is 5.75 Å². The molecule has 0 bridgehead atoms. The summed E-state index contributed by atoms with van der Waals surface area (Å²) in [6.07, 6.45) is 3.31. The highest BCUT2D eigenvalue weighted by molar-refractivity contribution is 5.90. The number of hydrogen-bond acceptors (Lipinski definition) is 4. The van der Waals surface area contributed by atoms with Crippen LogP contribution in [0.3, 0.4) is 0 Å². The van der Waals surface area contributed by atoms with Crippen molar-refractivity contribution >= 4 is 11.7 Å². The average molecular weight is 304 g/mol. The first-order chi connectivity index (χ1) is 10.4. The van der Waals surface area contributed by atoms with Crippen LogP contribution in [-0.2, 0) is 16.8 Å². The van der Waals surface area contributed by atoms with Crippen molar-refractivity contribution in [3.63, 3.8) is 0 Å². The quantitative estimate of drug-likeness (QED) is 0.872. The van der Waals surface area contributed by atoms with Gasteiger partial charge in [-0.3, -0.25) is 0 Å². The summed E-state index contributed by atoms with van der Waals surface area (Å²) in [6.45, 7) is 2.33. The van der Waals surface area contributed by atoms with Gasteiger partial charge in [-0.2, -0.15) is 0 Å². The molecule has 2 aliphatic heterocycles. The molecule has 1 atom stereocenters. The minimum atomic E-state index is -0.979. The van der Waals surface area contributed by atoms with Crippen molar-refractivity contribution in [2.24, 2.45) is 5.73 Å². The molecular formula is C16H17FN2O3. The van der Waals surface area contributed by atoms with Gasteiger partial charge in [0.25, 0.3) is 0 Å². The molecule has 6 heteroatoms. The number of nitrogens with zero attached hydrogens (tertiary/aromatic N) is 1. The van der Waals surface area contributed by atoms with Crippen molar-refractivity contribution in [3.05, 3.63) is 34.8 Å². The molecule has 1 aliphatic carbocycles. The third kappa shape index (κ3) is 1.76. The molecule has 1 fully saturated rings. The summed E-state index contributed by atoms with van der Waals surface area (Å²) in [5.41, 5.74) is 7.69. The van der Waals surface area contributed by atoms with Gasteiger partial charge in [0, 0.05) is 18.2 Å². The number of carbonyl (C=O) groups is 1. The minimum absolute atomic E-state index is 0.00728. The molecule has 2 heterocycles. The summed E-state index contributed by atoms with van der Waals surface area (Å²) >= 11 is 0. The van der Waals surface area contributed by atoms with Gasteiger partial charge in [0.2, 0.25) is 0 Å². The van der Waals surface area contributed by atoms with Crippen LogP contribution in [0.1, 0.15) is 30.9 Å². The zero-order valence-electron chi connectivity index (χ0n) is 12.2. The summed E-state index contributed by atoms with van der Waals surface area (Å²) in [6, 6.07) is 1.41. The molecule has 22 heavy (non-hydrogen) atoms. The van der Waals surface area contributed by atoms with Crippen LogP contribution in [-0.4, -0.2) is 23.7 Å². The fraction of sp³-hybridized carbons (Fsp3) is 0.438. The lowest BCUT2D eigenvalue weighted by Gasteiger charge is -2.40. The minimum Gasteiger partial charge on any atom is -0.489 e. The Labute approximate surface area is 127 Å². The standard InChI is InChI=1S/C16H17FN2O3/c1-8-7-22-14-12(16(18)2-3-16)11(17)5-9-4-10(15(20)21)6-19(8)13(9)14/h5-6,8H,2-4,7,18H2,1H3,(H,20,21)/t8-/m0/s1. The van der Waals surface area contributed by atoms with E-state index < -0.39 is 17.3 Å². The molecule has 1 aromatic rings. The summed E-state index contributed by atoms with van der Waals surface area (Å²) in [7, 11) is 0. The van der Waals surface area contributed by atoms with Gasteiger partial charge >= 0.3 is 5.97 Å². The van der Waals surface area contributed by atoms with Crippen LogP contribution >= 0.6 is 0 Å². The third-order valence-corrected chi connectivity index (χ3v) is 4.73. The van der Waals surface area contributed by atoms with Crippen molar-refractivity contribution in [1.82, 2.24) is 0 Å². The van der Waals surface area contributed by atoms with E-state index in [-0.39, 0.29) is 18.0 Å². The summed E-state index contributed by atoms with van der Waals surface area (Å²) in [5.74, 6) is -0.878. The number of aliphatic carboxylic acids is 1. The molecule has 0 unspecified atom stereocenters. The molecule has 116 valence electrons. The number of carboxylic acid groups (broad SMARTS) is 1. The van der Waals surface area contributed by atoms with Crippen LogP contribution in [0.2, 0.25) is 0 Å². The molecule has 1 saturated carbocycles. The Balaban J connectivity index is 1.94. The third-order valence-electron chi connectivity index (χ3n) is 4.73. The Kier molecular flexibility index (Phi) is 2.61. The Bertz CT molecular complexity index is 725. The fourth-order valence-corrected chi connectivity index (χ4v) is 3.32. The number of carboxylic acids is 1. The number of nitrogens with two attached hydrogens (primary N) is 1. The Morgan fingerprint density at radius 2 is 2.27 bits per heavy atom. The highest BCUT2D eigenvalue weighted by atomic mass is 19.1. The second-order valence-corrected chi connectivity index (χ2v) is 6.43. The van der Waals surface area contributed by atoms with Gasteiger partial charge in [-0.25, -0.2) is 9.18 Å². The van der Waals surface area contributed by atoms with Crippen molar-refractivity contribution in [2.45, 2.75) is 37.8 Å². The first-order valence-electron chi connectivity index (χ1n) is 7.40. The van der Waals surface area contributed by atoms with Crippen LogP contribution < -0.4 is 15.4 Å². The molecule has 4 rings (SSSR count). The predicted octanol–water partition coefficient (Wildman–Crippen LogP) is 1.89. The monoisotopic (exact) mass is 304 g/mol. The molecule has 5 nitrogen and oxygen atoms in total. The average Bonchev–Trinajstić information content (AvgIpc) is 3.20. The molecule has 3 aliphatic rings. The van der Waals surface area contributed by atoms with Crippen LogP contribution in [0.4, 0.5) is 10.1 Å². The van der Waals surface area contributed by atoms with Gasteiger partial charge in [0.1, 0.15) is 12.4 Å². The van der Waals surface area contributed by atoms with E-state index in [1.54, 1.807) is 6.20 Å². The summed E-state index contributed by atoms with van der Waals surface area (Å²) in [5, 5.41) is 9.27. The Morgan fingerprint density at radius 3 is 2.91 bits per heavy atom. The summed E-state index contributed by atoms with van der Waals surface area (Å²) < 4.78 is 20.4. The van der Waals surface area contributed by atoms with E-state index in [0.717, 1.165) is 18.5 Å². The second kappa shape index (κ2) is 4.23. The van der Waals surface area contributed by atoms with E-state index in [0.29, 0.717) is 23.5 Å². The number of ether oxygens (including phenoxy) is 1. The van der Waals surface area contributed by atoms with Gasteiger partial charge < -0.3 is 20.5 Å². The highest BCUT2D eigenvalue weighted by Gasteiger charge is 2.47. The zero-order chi connectivity index (χ0) is 15.6. The molecule has 0 radical (unpaired) electrons. The molecule has 0 saturated heterocycles. The number of hydrogen-bond donors (Lipinski definition) is 2. The van der Waals surface area contributed by atoms with Gasteiger partial charge in [-0.05, 0) is 31.4 Å². The number of anilines is 1. The molecule has 0 aromatic heterocycles. The smallest absolute Gasteiger partial charge is 0.333 e. The lowest BCUT2D eigenvalue weighted by molar-refractivity contribution is -0.132. The molecule has 0 amide bonds. The maximum Gasteiger partial charge on any atom is 0.333 e. The molecular weight excluding hydrogens is 287 g/mol. The van der Waals surface area contributed by atoms with E-state index in [1.165, 1.54) is 6.07 Å². The van der Waals surface area contributed by atoms with E-state index >= 15 is 0 Å². The summed E-state index contributed by atoms with van der Waals surface area (Å²) in [4.78, 5) is 13.2. The number of rotatable bonds is 2. The fourth-order valence-electron chi connectivity index (χ4n) is 3.32. The van der Waals surface area contributed by atoms with E-state index in [9.17, 15) is 14.3 Å². The highest BCUT2D eigenvalue weighted by Crippen LogP contribution is 2.53. The van der Waals surface area contributed by atoms with Crippen molar-refractivity contribution < 1.29 is 19.0 Å². The zero-order valence-corrected chi connectivity index (χ0v) is 12.2. The maximum absolute atomic E-state index is 14.6. The van der Waals surface area contributed by atoms with Gasteiger partial charge in [-0.15, -0.1) is 0 Å². The first kappa shape index (κ1) is 13.6. The van der Waals surface area contributed by atoms with E-state index in [4.69, 9.17) is 10.5 Å².